The standard InChI is InChI=1S/C13H10FN3/c14-11-2-1-3-12(7-11)17-9-10-4-5-16-13(6-10)8-15/h1-7,17H,9H2. The lowest BCUT2D eigenvalue weighted by Gasteiger charge is -2.06. The maximum atomic E-state index is 12.9. The van der Waals surface area contributed by atoms with E-state index in [2.05, 4.69) is 10.3 Å². The molecule has 0 unspecified atom stereocenters. The number of halogens is 1. The first kappa shape index (κ1) is 11.1. The van der Waals surface area contributed by atoms with Gasteiger partial charge in [0.05, 0.1) is 0 Å². The zero-order valence-corrected chi connectivity index (χ0v) is 9.02. The Hall–Kier alpha value is -2.41. The molecule has 0 atom stereocenters. The third-order valence-electron chi connectivity index (χ3n) is 2.26. The van der Waals surface area contributed by atoms with E-state index in [0.717, 1.165) is 5.56 Å². The first-order valence-corrected chi connectivity index (χ1v) is 5.12. The van der Waals surface area contributed by atoms with Crippen molar-refractivity contribution >= 4 is 5.69 Å². The molecule has 1 aromatic heterocycles. The molecule has 17 heavy (non-hydrogen) atoms. The fourth-order valence-electron chi connectivity index (χ4n) is 1.45. The quantitative estimate of drug-likeness (QED) is 0.877. The van der Waals surface area contributed by atoms with Gasteiger partial charge < -0.3 is 5.32 Å². The van der Waals surface area contributed by atoms with Gasteiger partial charge in [0, 0.05) is 18.4 Å². The van der Waals surface area contributed by atoms with Gasteiger partial charge in [-0.25, -0.2) is 9.37 Å². The fourth-order valence-corrected chi connectivity index (χ4v) is 1.45. The van der Waals surface area contributed by atoms with Crippen LogP contribution in [0.2, 0.25) is 0 Å². The van der Waals surface area contributed by atoms with Crippen molar-refractivity contribution in [3.63, 3.8) is 0 Å². The lowest BCUT2D eigenvalue weighted by atomic mass is 10.2. The van der Waals surface area contributed by atoms with Gasteiger partial charge in [0.2, 0.25) is 0 Å². The zero-order valence-electron chi connectivity index (χ0n) is 9.02. The van der Waals surface area contributed by atoms with E-state index in [1.807, 2.05) is 12.1 Å². The van der Waals surface area contributed by atoms with Crippen molar-refractivity contribution in [3.05, 3.63) is 59.7 Å². The van der Waals surface area contributed by atoms with Gasteiger partial charge in [-0.15, -0.1) is 0 Å². The Morgan fingerprint density at radius 1 is 1.29 bits per heavy atom. The maximum Gasteiger partial charge on any atom is 0.140 e. The molecule has 0 aliphatic rings. The second kappa shape index (κ2) is 5.08. The average Bonchev–Trinajstić information content (AvgIpc) is 2.37. The van der Waals surface area contributed by atoms with E-state index < -0.39 is 0 Å². The lowest BCUT2D eigenvalue weighted by molar-refractivity contribution is 0.628. The number of pyridine rings is 1. The molecule has 1 aromatic carbocycles. The van der Waals surface area contributed by atoms with Crippen molar-refractivity contribution < 1.29 is 4.39 Å². The lowest BCUT2D eigenvalue weighted by Crippen LogP contribution is -2.00. The van der Waals surface area contributed by atoms with Crippen LogP contribution in [0.25, 0.3) is 0 Å². The van der Waals surface area contributed by atoms with E-state index in [1.165, 1.54) is 12.1 Å². The van der Waals surface area contributed by atoms with Gasteiger partial charge in [-0.05, 0) is 35.9 Å². The summed E-state index contributed by atoms with van der Waals surface area (Å²) in [6.07, 6.45) is 1.58. The number of nitrogens with zero attached hydrogens (tertiary/aromatic N) is 2. The summed E-state index contributed by atoms with van der Waals surface area (Å²) in [5.74, 6) is -0.276. The molecule has 0 amide bonds. The van der Waals surface area contributed by atoms with Gasteiger partial charge in [-0.2, -0.15) is 5.26 Å². The van der Waals surface area contributed by atoms with Crippen LogP contribution in [0.15, 0.2) is 42.6 Å². The molecule has 2 aromatic rings. The molecule has 0 spiro atoms. The first-order valence-electron chi connectivity index (χ1n) is 5.12. The number of anilines is 1. The van der Waals surface area contributed by atoms with Gasteiger partial charge in [-0.1, -0.05) is 6.07 Å². The van der Waals surface area contributed by atoms with Gasteiger partial charge in [0.1, 0.15) is 17.6 Å². The summed E-state index contributed by atoms with van der Waals surface area (Å²) in [7, 11) is 0. The summed E-state index contributed by atoms with van der Waals surface area (Å²) in [5, 5.41) is 11.8. The largest absolute Gasteiger partial charge is 0.381 e. The third-order valence-corrected chi connectivity index (χ3v) is 2.26. The molecule has 0 bridgehead atoms. The minimum Gasteiger partial charge on any atom is -0.381 e. The van der Waals surface area contributed by atoms with Crippen LogP contribution >= 0.6 is 0 Å². The zero-order chi connectivity index (χ0) is 12.1. The Morgan fingerprint density at radius 2 is 2.18 bits per heavy atom. The number of nitriles is 1. The monoisotopic (exact) mass is 227 g/mol. The van der Waals surface area contributed by atoms with Gasteiger partial charge >= 0.3 is 0 Å². The van der Waals surface area contributed by atoms with Crippen molar-refractivity contribution in [2.75, 3.05) is 5.32 Å². The molecule has 0 saturated carbocycles. The van der Waals surface area contributed by atoms with Crippen LogP contribution in [0.4, 0.5) is 10.1 Å². The second-order valence-corrected chi connectivity index (χ2v) is 3.53. The molecule has 1 N–H and O–H groups in total. The van der Waals surface area contributed by atoms with E-state index in [4.69, 9.17) is 5.26 Å². The molecule has 3 nitrogen and oxygen atoms in total. The second-order valence-electron chi connectivity index (χ2n) is 3.53. The summed E-state index contributed by atoms with van der Waals surface area (Å²) < 4.78 is 12.9. The van der Waals surface area contributed by atoms with Crippen molar-refractivity contribution in [2.45, 2.75) is 6.54 Å². The average molecular weight is 227 g/mol. The van der Waals surface area contributed by atoms with E-state index >= 15 is 0 Å². The number of hydrogen-bond donors (Lipinski definition) is 1. The normalized spacial score (nSPS) is 9.65. The van der Waals surface area contributed by atoms with Crippen molar-refractivity contribution in [1.82, 2.24) is 4.98 Å². The highest BCUT2D eigenvalue weighted by Gasteiger charge is 1.98. The molecule has 0 aliphatic carbocycles. The van der Waals surface area contributed by atoms with Gasteiger partial charge in [-0.3, -0.25) is 0 Å². The number of aromatic nitrogens is 1. The fraction of sp³-hybridized carbons (Fsp3) is 0.0769. The minimum atomic E-state index is -0.276. The van der Waals surface area contributed by atoms with Crippen LogP contribution < -0.4 is 5.32 Å². The van der Waals surface area contributed by atoms with Crippen molar-refractivity contribution in [1.29, 1.82) is 5.26 Å². The first-order chi connectivity index (χ1) is 8.28. The highest BCUT2D eigenvalue weighted by atomic mass is 19.1. The molecular weight excluding hydrogens is 217 g/mol. The summed E-state index contributed by atoms with van der Waals surface area (Å²) in [4.78, 5) is 3.88. The summed E-state index contributed by atoms with van der Waals surface area (Å²) in [6.45, 7) is 0.528. The molecule has 1 heterocycles. The molecule has 2 rings (SSSR count). The molecule has 0 fully saturated rings. The Labute approximate surface area is 98.5 Å². The smallest absolute Gasteiger partial charge is 0.140 e. The minimum absolute atomic E-state index is 0.276. The van der Waals surface area contributed by atoms with E-state index in [1.54, 1.807) is 24.4 Å². The van der Waals surface area contributed by atoms with Crippen LogP contribution in [0.3, 0.4) is 0 Å². The molecule has 0 aliphatic heterocycles. The van der Waals surface area contributed by atoms with Crippen LogP contribution in [0.1, 0.15) is 11.3 Å². The Kier molecular flexibility index (Phi) is 3.31. The van der Waals surface area contributed by atoms with Gasteiger partial charge in [0.25, 0.3) is 0 Å². The number of hydrogen-bond acceptors (Lipinski definition) is 3. The Morgan fingerprint density at radius 3 is 2.94 bits per heavy atom. The van der Waals surface area contributed by atoms with Crippen LogP contribution in [0.5, 0.6) is 0 Å². The number of nitrogens with one attached hydrogen (secondary N) is 1. The third kappa shape index (κ3) is 3.02. The SMILES string of the molecule is N#Cc1cc(CNc2cccc(F)c2)ccn1. The topological polar surface area (TPSA) is 48.7 Å². The van der Waals surface area contributed by atoms with Crippen LogP contribution in [-0.4, -0.2) is 4.98 Å². The Bertz CT molecular complexity index is 561. The van der Waals surface area contributed by atoms with E-state index in [9.17, 15) is 4.39 Å². The highest BCUT2D eigenvalue weighted by Crippen LogP contribution is 2.11. The van der Waals surface area contributed by atoms with E-state index in [-0.39, 0.29) is 5.82 Å². The van der Waals surface area contributed by atoms with Crippen molar-refractivity contribution in [3.8, 4) is 6.07 Å². The van der Waals surface area contributed by atoms with Crippen LogP contribution in [-0.2, 0) is 6.54 Å². The summed E-state index contributed by atoms with van der Waals surface area (Å²) in [5.41, 5.74) is 2.02. The molecular formula is C13H10FN3. The molecule has 84 valence electrons. The van der Waals surface area contributed by atoms with Crippen LogP contribution in [0, 0.1) is 17.1 Å². The number of benzene rings is 1. The molecule has 0 radical (unpaired) electrons. The Balaban J connectivity index is 2.05. The highest BCUT2D eigenvalue weighted by molar-refractivity contribution is 5.43. The maximum absolute atomic E-state index is 12.9. The molecule has 4 heteroatoms. The summed E-state index contributed by atoms with van der Waals surface area (Å²) in [6, 6.07) is 11.7. The predicted octanol–water partition coefficient (Wildman–Crippen LogP) is 2.70. The molecule has 0 saturated heterocycles. The van der Waals surface area contributed by atoms with Crippen molar-refractivity contribution in [2.24, 2.45) is 0 Å². The number of rotatable bonds is 3. The van der Waals surface area contributed by atoms with E-state index in [0.29, 0.717) is 17.9 Å². The predicted molar refractivity (Wildman–Crippen MR) is 62.7 cm³/mol. The van der Waals surface area contributed by atoms with Gasteiger partial charge in [0.15, 0.2) is 0 Å². The summed E-state index contributed by atoms with van der Waals surface area (Å²) >= 11 is 0.